The second-order valence-electron chi connectivity index (χ2n) is 8.11. The largest absolute Gasteiger partial charge is 0.379 e. The van der Waals surface area contributed by atoms with Crippen LogP contribution in [0.15, 0.2) is 60.7 Å². The summed E-state index contributed by atoms with van der Waals surface area (Å²) in [4.78, 5) is 20.5. The molecule has 3 aromatic rings. The minimum absolute atomic E-state index is 0.0512. The van der Waals surface area contributed by atoms with E-state index in [9.17, 15) is 4.79 Å². The zero-order chi connectivity index (χ0) is 20.9. The number of carbonyl (C=O) groups excluding carboxylic acids is 1. The van der Waals surface area contributed by atoms with Crippen molar-refractivity contribution < 1.29 is 9.53 Å². The van der Waals surface area contributed by atoms with Crippen molar-refractivity contribution in [2.75, 3.05) is 32.8 Å². The van der Waals surface area contributed by atoms with Gasteiger partial charge in [-0.2, -0.15) is 0 Å². The van der Waals surface area contributed by atoms with Crippen molar-refractivity contribution in [1.82, 2.24) is 15.2 Å². The topological polar surface area (TPSA) is 54.5 Å². The van der Waals surface area contributed by atoms with Crippen LogP contribution in [-0.2, 0) is 4.74 Å². The van der Waals surface area contributed by atoms with E-state index in [1.165, 1.54) is 0 Å². The zero-order valence-electron chi connectivity index (χ0n) is 17.7. The number of morpholine rings is 1. The number of nitrogens with one attached hydrogen (secondary N) is 1. The molecule has 0 aliphatic carbocycles. The van der Waals surface area contributed by atoms with E-state index in [0.29, 0.717) is 24.1 Å². The van der Waals surface area contributed by atoms with Crippen LogP contribution in [0.5, 0.6) is 0 Å². The van der Waals surface area contributed by atoms with E-state index in [1.54, 1.807) is 0 Å². The maximum atomic E-state index is 13.3. The summed E-state index contributed by atoms with van der Waals surface area (Å²) in [6.45, 7) is 8.38. The van der Waals surface area contributed by atoms with Crippen molar-refractivity contribution >= 4 is 16.8 Å². The van der Waals surface area contributed by atoms with Crippen molar-refractivity contribution in [3.8, 4) is 11.3 Å². The van der Waals surface area contributed by atoms with Gasteiger partial charge in [-0.15, -0.1) is 0 Å². The molecule has 4 rings (SSSR count). The Bertz CT molecular complexity index is 998. The highest BCUT2D eigenvalue weighted by molar-refractivity contribution is 6.07. The molecule has 0 spiro atoms. The van der Waals surface area contributed by atoms with Gasteiger partial charge in [0.15, 0.2) is 0 Å². The molecule has 5 nitrogen and oxygen atoms in total. The molecule has 2 aromatic carbocycles. The smallest absolute Gasteiger partial charge is 0.252 e. The van der Waals surface area contributed by atoms with Crippen LogP contribution in [0.25, 0.3) is 22.2 Å². The highest BCUT2D eigenvalue weighted by Crippen LogP contribution is 2.25. The maximum absolute atomic E-state index is 13.3. The van der Waals surface area contributed by atoms with Crippen molar-refractivity contribution in [2.24, 2.45) is 5.92 Å². The number of nitrogens with zero attached hydrogens (tertiary/aromatic N) is 2. The molecule has 0 saturated carbocycles. The highest BCUT2D eigenvalue weighted by atomic mass is 16.5. The Hall–Kier alpha value is -2.76. The quantitative estimate of drug-likeness (QED) is 0.676. The minimum Gasteiger partial charge on any atom is -0.379 e. The standard InChI is InChI=1S/C25H29N3O2/c1-18(2)24(28-12-14-30-15-13-28)17-26-25(29)21-16-23(19-8-4-3-5-9-19)27-22-11-7-6-10-20(21)22/h3-11,16,18,24H,12-15,17H2,1-2H3,(H,26,29). The Morgan fingerprint density at radius 2 is 1.77 bits per heavy atom. The summed E-state index contributed by atoms with van der Waals surface area (Å²) in [5.41, 5.74) is 3.32. The number of carbonyl (C=O) groups is 1. The van der Waals surface area contributed by atoms with Crippen LogP contribution in [0.1, 0.15) is 24.2 Å². The van der Waals surface area contributed by atoms with Gasteiger partial charge in [0.1, 0.15) is 0 Å². The molecule has 1 fully saturated rings. The van der Waals surface area contributed by atoms with Gasteiger partial charge < -0.3 is 10.1 Å². The molecule has 0 bridgehead atoms. The van der Waals surface area contributed by atoms with E-state index in [2.05, 4.69) is 24.1 Å². The highest BCUT2D eigenvalue weighted by Gasteiger charge is 2.25. The first kappa shape index (κ1) is 20.5. The van der Waals surface area contributed by atoms with Gasteiger partial charge in [0.25, 0.3) is 5.91 Å². The molecule has 1 atom stereocenters. The summed E-state index contributed by atoms with van der Waals surface area (Å²) in [6, 6.07) is 20.0. The fourth-order valence-corrected chi connectivity index (χ4v) is 4.11. The normalized spacial score (nSPS) is 16.0. The summed E-state index contributed by atoms with van der Waals surface area (Å²) < 4.78 is 5.49. The third-order valence-corrected chi connectivity index (χ3v) is 5.79. The molecule has 1 saturated heterocycles. The lowest BCUT2D eigenvalue weighted by molar-refractivity contribution is 0.00673. The summed E-state index contributed by atoms with van der Waals surface area (Å²) >= 11 is 0. The van der Waals surface area contributed by atoms with Crippen LogP contribution in [0, 0.1) is 5.92 Å². The summed E-state index contributed by atoms with van der Waals surface area (Å²) in [6.07, 6.45) is 0. The fraction of sp³-hybridized carbons (Fsp3) is 0.360. The number of para-hydroxylation sites is 1. The molecule has 1 aliphatic heterocycles. The Morgan fingerprint density at radius 3 is 2.50 bits per heavy atom. The predicted molar refractivity (Wildman–Crippen MR) is 121 cm³/mol. The number of ether oxygens (including phenoxy) is 1. The van der Waals surface area contributed by atoms with E-state index in [1.807, 2.05) is 60.7 Å². The molecule has 1 aromatic heterocycles. The molecule has 30 heavy (non-hydrogen) atoms. The third kappa shape index (κ3) is 4.53. The average molecular weight is 404 g/mol. The molecule has 1 aliphatic rings. The molecular weight excluding hydrogens is 374 g/mol. The number of amides is 1. The van der Waals surface area contributed by atoms with E-state index in [0.717, 1.165) is 48.5 Å². The Morgan fingerprint density at radius 1 is 1.07 bits per heavy atom. The monoisotopic (exact) mass is 403 g/mol. The fourth-order valence-electron chi connectivity index (χ4n) is 4.11. The first-order chi connectivity index (χ1) is 14.6. The Kier molecular flexibility index (Phi) is 6.41. The second-order valence-corrected chi connectivity index (χ2v) is 8.11. The Balaban J connectivity index is 1.60. The maximum Gasteiger partial charge on any atom is 0.252 e. The number of benzene rings is 2. The summed E-state index contributed by atoms with van der Waals surface area (Å²) in [5, 5.41) is 4.08. The summed E-state index contributed by atoms with van der Waals surface area (Å²) in [7, 11) is 0. The SMILES string of the molecule is CC(C)C(CNC(=O)c1cc(-c2ccccc2)nc2ccccc12)N1CCOCC1. The van der Waals surface area contributed by atoms with Crippen molar-refractivity contribution in [3.63, 3.8) is 0 Å². The molecule has 1 N–H and O–H groups in total. The van der Waals surface area contributed by atoms with Gasteiger partial charge >= 0.3 is 0 Å². The molecule has 1 amide bonds. The summed E-state index contributed by atoms with van der Waals surface area (Å²) in [5.74, 6) is 0.391. The van der Waals surface area contributed by atoms with E-state index in [4.69, 9.17) is 9.72 Å². The van der Waals surface area contributed by atoms with Crippen molar-refractivity contribution in [1.29, 1.82) is 0 Å². The predicted octanol–water partition coefficient (Wildman–Crippen LogP) is 3.99. The first-order valence-corrected chi connectivity index (χ1v) is 10.7. The van der Waals surface area contributed by atoms with Gasteiger partial charge in [-0.05, 0) is 18.1 Å². The van der Waals surface area contributed by atoms with Gasteiger partial charge in [-0.1, -0.05) is 62.4 Å². The first-order valence-electron chi connectivity index (χ1n) is 10.7. The number of pyridine rings is 1. The zero-order valence-corrected chi connectivity index (χ0v) is 17.7. The molecule has 0 radical (unpaired) electrons. The molecule has 156 valence electrons. The number of fused-ring (bicyclic) bond motifs is 1. The second kappa shape index (κ2) is 9.37. The van der Waals surface area contributed by atoms with Gasteiger partial charge in [0.2, 0.25) is 0 Å². The lowest BCUT2D eigenvalue weighted by Gasteiger charge is -2.37. The number of hydrogen-bond acceptors (Lipinski definition) is 4. The van der Waals surface area contributed by atoms with E-state index >= 15 is 0 Å². The van der Waals surface area contributed by atoms with Gasteiger partial charge in [-0.25, -0.2) is 4.98 Å². The molecule has 5 heteroatoms. The number of aromatic nitrogens is 1. The number of hydrogen-bond donors (Lipinski definition) is 1. The van der Waals surface area contributed by atoms with Crippen LogP contribution < -0.4 is 5.32 Å². The van der Waals surface area contributed by atoms with Gasteiger partial charge in [-0.3, -0.25) is 9.69 Å². The van der Waals surface area contributed by atoms with Crippen molar-refractivity contribution in [3.05, 3.63) is 66.2 Å². The van der Waals surface area contributed by atoms with Gasteiger partial charge in [0, 0.05) is 36.6 Å². The molecular formula is C25H29N3O2. The van der Waals surface area contributed by atoms with Crippen LogP contribution in [0.3, 0.4) is 0 Å². The van der Waals surface area contributed by atoms with Crippen molar-refractivity contribution in [2.45, 2.75) is 19.9 Å². The van der Waals surface area contributed by atoms with Crippen LogP contribution in [0.4, 0.5) is 0 Å². The van der Waals surface area contributed by atoms with Crippen LogP contribution >= 0.6 is 0 Å². The number of rotatable bonds is 6. The lowest BCUT2D eigenvalue weighted by Crippen LogP contribution is -2.51. The van der Waals surface area contributed by atoms with Crippen LogP contribution in [-0.4, -0.2) is 54.7 Å². The third-order valence-electron chi connectivity index (χ3n) is 5.79. The molecule has 1 unspecified atom stereocenters. The van der Waals surface area contributed by atoms with Crippen LogP contribution in [0.2, 0.25) is 0 Å². The Labute approximate surface area is 178 Å². The lowest BCUT2D eigenvalue weighted by atomic mass is 10.0. The van der Waals surface area contributed by atoms with E-state index in [-0.39, 0.29) is 5.91 Å². The van der Waals surface area contributed by atoms with Gasteiger partial charge in [0.05, 0.1) is 30.0 Å². The minimum atomic E-state index is -0.0512. The van der Waals surface area contributed by atoms with E-state index < -0.39 is 0 Å². The average Bonchev–Trinajstić information content (AvgIpc) is 2.79. The molecule has 2 heterocycles.